The molecule has 3 aromatic rings. The quantitative estimate of drug-likeness (QED) is 0.585. The summed E-state index contributed by atoms with van der Waals surface area (Å²) in [6, 6.07) is 1.96. The molecule has 0 atom stereocenters. The number of aryl methyl sites for hydroxylation is 2. The minimum Gasteiger partial charge on any atom is -0.481 e. The Morgan fingerprint density at radius 3 is 2.95 bits per heavy atom. The number of furan rings is 1. The van der Waals surface area contributed by atoms with Crippen LogP contribution in [0.25, 0.3) is 22.2 Å². The number of rotatable bonds is 3. The summed E-state index contributed by atoms with van der Waals surface area (Å²) in [6.07, 6.45) is 1.42. The summed E-state index contributed by atoms with van der Waals surface area (Å²) in [5.74, 6) is -0.975. The number of aromatic nitrogens is 3. The first kappa shape index (κ1) is 12.9. The van der Waals surface area contributed by atoms with Crippen LogP contribution in [-0.4, -0.2) is 31.8 Å². The number of thioether (sulfide) groups is 1. The molecular weight excluding hydrogens is 278 g/mol. The molecule has 3 heterocycles. The largest absolute Gasteiger partial charge is 0.481 e. The smallest absolute Gasteiger partial charge is 0.313 e. The second kappa shape index (κ2) is 4.75. The van der Waals surface area contributed by atoms with Crippen molar-refractivity contribution in [2.24, 2.45) is 0 Å². The standard InChI is InChI=1S/C13H11N3O3S/c1-6-3-7(2)16-12-9(6)10-11(19-12)13(15-5-14-10)20-4-8(17)18/h3,5H,4H2,1-2H3,(H,17,18). The van der Waals surface area contributed by atoms with Crippen molar-refractivity contribution in [3.8, 4) is 0 Å². The molecule has 0 saturated carbocycles. The molecule has 1 N–H and O–H groups in total. The van der Waals surface area contributed by atoms with Crippen molar-refractivity contribution in [3.05, 3.63) is 23.7 Å². The zero-order valence-corrected chi connectivity index (χ0v) is 11.7. The van der Waals surface area contributed by atoms with Crippen molar-refractivity contribution in [2.45, 2.75) is 18.9 Å². The summed E-state index contributed by atoms with van der Waals surface area (Å²) in [6.45, 7) is 3.86. The predicted molar refractivity (Wildman–Crippen MR) is 74.9 cm³/mol. The van der Waals surface area contributed by atoms with Crippen molar-refractivity contribution in [3.63, 3.8) is 0 Å². The lowest BCUT2D eigenvalue weighted by Gasteiger charge is -1.98. The summed E-state index contributed by atoms with van der Waals surface area (Å²) in [5, 5.41) is 10.1. The molecule has 0 radical (unpaired) electrons. The third-order valence-electron chi connectivity index (χ3n) is 2.85. The van der Waals surface area contributed by atoms with Crippen molar-refractivity contribution >= 4 is 39.9 Å². The van der Waals surface area contributed by atoms with Gasteiger partial charge in [0.15, 0.2) is 5.58 Å². The zero-order valence-electron chi connectivity index (χ0n) is 10.9. The van der Waals surface area contributed by atoms with E-state index < -0.39 is 5.97 Å². The molecule has 0 bridgehead atoms. The van der Waals surface area contributed by atoms with Crippen molar-refractivity contribution in [1.29, 1.82) is 0 Å². The van der Waals surface area contributed by atoms with Gasteiger partial charge in [-0.2, -0.15) is 0 Å². The van der Waals surface area contributed by atoms with E-state index in [-0.39, 0.29) is 5.75 Å². The van der Waals surface area contributed by atoms with Crippen molar-refractivity contribution in [1.82, 2.24) is 15.0 Å². The molecule has 0 fully saturated rings. The van der Waals surface area contributed by atoms with E-state index >= 15 is 0 Å². The number of nitrogens with zero attached hydrogens (tertiary/aromatic N) is 3. The van der Waals surface area contributed by atoms with E-state index in [1.54, 1.807) is 0 Å². The van der Waals surface area contributed by atoms with E-state index in [0.29, 0.717) is 21.8 Å². The van der Waals surface area contributed by atoms with E-state index in [1.807, 2.05) is 19.9 Å². The van der Waals surface area contributed by atoms with Gasteiger partial charge in [0.25, 0.3) is 0 Å². The number of hydrogen-bond acceptors (Lipinski definition) is 6. The monoisotopic (exact) mass is 289 g/mol. The number of fused-ring (bicyclic) bond motifs is 3. The Balaban J connectivity index is 2.25. The molecule has 0 aromatic carbocycles. The third kappa shape index (κ3) is 2.09. The molecule has 0 aliphatic rings. The van der Waals surface area contributed by atoms with Gasteiger partial charge in [0.2, 0.25) is 5.71 Å². The Labute approximate surface area is 118 Å². The lowest BCUT2D eigenvalue weighted by molar-refractivity contribution is -0.133. The van der Waals surface area contributed by atoms with Gasteiger partial charge in [-0.3, -0.25) is 4.79 Å². The summed E-state index contributed by atoms with van der Waals surface area (Å²) in [4.78, 5) is 23.4. The maximum atomic E-state index is 10.7. The first-order chi connectivity index (χ1) is 9.56. The summed E-state index contributed by atoms with van der Waals surface area (Å²) in [5.41, 5.74) is 3.57. The van der Waals surface area contributed by atoms with Crippen LogP contribution in [0.5, 0.6) is 0 Å². The van der Waals surface area contributed by atoms with Crippen LogP contribution in [0, 0.1) is 13.8 Å². The molecule has 20 heavy (non-hydrogen) atoms. The van der Waals surface area contributed by atoms with Gasteiger partial charge in [0.05, 0.1) is 11.1 Å². The van der Waals surface area contributed by atoms with Gasteiger partial charge >= 0.3 is 5.97 Å². The van der Waals surface area contributed by atoms with Crippen LogP contribution < -0.4 is 0 Å². The fourth-order valence-corrected chi connectivity index (χ4v) is 2.77. The minimum atomic E-state index is -0.900. The van der Waals surface area contributed by atoms with Crippen LogP contribution in [0.2, 0.25) is 0 Å². The molecule has 0 amide bonds. The Bertz CT molecular complexity index is 828. The van der Waals surface area contributed by atoms with Gasteiger partial charge < -0.3 is 9.52 Å². The van der Waals surface area contributed by atoms with Crippen molar-refractivity contribution in [2.75, 3.05) is 5.75 Å². The number of pyridine rings is 1. The zero-order chi connectivity index (χ0) is 14.3. The molecule has 3 rings (SSSR count). The summed E-state index contributed by atoms with van der Waals surface area (Å²) in [7, 11) is 0. The average Bonchev–Trinajstić information content (AvgIpc) is 2.74. The van der Waals surface area contributed by atoms with Gasteiger partial charge in [0, 0.05) is 5.69 Å². The fourth-order valence-electron chi connectivity index (χ4n) is 2.12. The van der Waals surface area contributed by atoms with E-state index in [4.69, 9.17) is 9.52 Å². The Kier molecular flexibility index (Phi) is 3.06. The molecule has 102 valence electrons. The lowest BCUT2D eigenvalue weighted by Crippen LogP contribution is -1.98. The number of aliphatic carboxylic acids is 1. The highest BCUT2D eigenvalue weighted by atomic mass is 32.2. The highest BCUT2D eigenvalue weighted by Gasteiger charge is 2.17. The van der Waals surface area contributed by atoms with Crippen LogP contribution in [0.3, 0.4) is 0 Å². The fraction of sp³-hybridized carbons (Fsp3) is 0.231. The van der Waals surface area contributed by atoms with E-state index in [0.717, 1.165) is 28.4 Å². The van der Waals surface area contributed by atoms with Crippen LogP contribution in [0.15, 0.2) is 21.8 Å². The van der Waals surface area contributed by atoms with E-state index in [1.165, 1.54) is 6.33 Å². The highest BCUT2D eigenvalue weighted by Crippen LogP contribution is 2.33. The Morgan fingerprint density at radius 1 is 1.40 bits per heavy atom. The van der Waals surface area contributed by atoms with E-state index in [2.05, 4.69) is 15.0 Å². The summed E-state index contributed by atoms with van der Waals surface area (Å²) >= 11 is 1.11. The first-order valence-electron chi connectivity index (χ1n) is 5.92. The van der Waals surface area contributed by atoms with E-state index in [9.17, 15) is 4.79 Å². The Morgan fingerprint density at radius 2 is 2.20 bits per heavy atom. The van der Waals surface area contributed by atoms with Gasteiger partial charge in [0.1, 0.15) is 16.9 Å². The number of hydrogen-bond donors (Lipinski definition) is 1. The predicted octanol–water partition coefficient (Wildman–Crippen LogP) is 2.56. The molecule has 6 nitrogen and oxygen atoms in total. The minimum absolute atomic E-state index is 0.0748. The van der Waals surface area contributed by atoms with Crippen LogP contribution in [0.1, 0.15) is 11.3 Å². The van der Waals surface area contributed by atoms with Gasteiger partial charge in [-0.15, -0.1) is 0 Å². The molecule has 0 saturated heterocycles. The van der Waals surface area contributed by atoms with Gasteiger partial charge in [-0.1, -0.05) is 11.8 Å². The maximum Gasteiger partial charge on any atom is 0.313 e. The van der Waals surface area contributed by atoms with Crippen LogP contribution >= 0.6 is 11.8 Å². The number of carboxylic acid groups (broad SMARTS) is 1. The normalized spacial score (nSPS) is 11.3. The van der Waals surface area contributed by atoms with Crippen LogP contribution in [-0.2, 0) is 4.79 Å². The SMILES string of the molecule is Cc1cc(C)c2c(n1)oc1c(SCC(=O)O)ncnc12. The Hall–Kier alpha value is -2.15. The third-order valence-corrected chi connectivity index (χ3v) is 3.81. The van der Waals surface area contributed by atoms with Crippen LogP contribution in [0.4, 0.5) is 0 Å². The second-order valence-corrected chi connectivity index (χ2v) is 5.37. The molecule has 0 unspecified atom stereocenters. The van der Waals surface area contributed by atoms with Gasteiger partial charge in [-0.05, 0) is 25.5 Å². The molecule has 0 aliphatic carbocycles. The maximum absolute atomic E-state index is 10.7. The molecule has 0 spiro atoms. The summed E-state index contributed by atoms with van der Waals surface area (Å²) < 4.78 is 5.73. The molecule has 0 aliphatic heterocycles. The lowest BCUT2D eigenvalue weighted by atomic mass is 10.1. The average molecular weight is 289 g/mol. The topological polar surface area (TPSA) is 89.1 Å². The number of carboxylic acids is 1. The van der Waals surface area contributed by atoms with Crippen molar-refractivity contribution < 1.29 is 14.3 Å². The highest BCUT2D eigenvalue weighted by molar-refractivity contribution is 8.00. The number of carbonyl (C=O) groups is 1. The first-order valence-corrected chi connectivity index (χ1v) is 6.91. The van der Waals surface area contributed by atoms with Gasteiger partial charge in [-0.25, -0.2) is 15.0 Å². The molecule has 7 heteroatoms. The molecular formula is C13H11N3O3S. The second-order valence-electron chi connectivity index (χ2n) is 4.40. The molecule has 3 aromatic heterocycles.